The number of para-hydroxylation sites is 3. The van der Waals surface area contributed by atoms with Crippen LogP contribution in [0.3, 0.4) is 0 Å². The number of anilines is 6. The Bertz CT molecular complexity index is 3310. The van der Waals surface area contributed by atoms with Gasteiger partial charge in [-0.1, -0.05) is 36.4 Å². The zero-order valence-corrected chi connectivity index (χ0v) is 38.3. The standard InChI is InChI=1S/C61H44GeN4/c63-45-46-30-34-56(35-31-46)66-60-29-17-16-28-58(60)59-44-57(42-43-61(59)66)65(55-40-38-54(39-41-55)64(51-24-12-4-13-25-51)52-26-14-5-15-27-52)53-36-32-50(33-37-53)62(47-18-6-1-7-19-47,48-20-8-2-9-21-48)49-22-10-3-11-23-49/h1-44H. The maximum atomic E-state index is 9.57. The average Bonchev–Trinajstić information content (AvgIpc) is 3.73. The van der Waals surface area contributed by atoms with Crippen molar-refractivity contribution in [3.05, 3.63) is 272 Å². The van der Waals surface area contributed by atoms with Crippen LogP contribution in [0.5, 0.6) is 0 Å². The maximum absolute atomic E-state index is 9.57. The molecule has 66 heavy (non-hydrogen) atoms. The molecule has 0 bridgehead atoms. The predicted octanol–water partition coefficient (Wildman–Crippen LogP) is 13.0. The second-order valence-corrected chi connectivity index (χ2v) is 24.5. The van der Waals surface area contributed by atoms with E-state index in [9.17, 15) is 5.26 Å². The minimum Gasteiger partial charge on any atom is -0.0423 e. The van der Waals surface area contributed by atoms with Crippen LogP contribution in [0.25, 0.3) is 27.5 Å². The van der Waals surface area contributed by atoms with Gasteiger partial charge in [-0.3, -0.25) is 0 Å². The Hall–Kier alpha value is -8.37. The van der Waals surface area contributed by atoms with Crippen LogP contribution >= 0.6 is 0 Å². The van der Waals surface area contributed by atoms with Gasteiger partial charge < -0.3 is 0 Å². The smallest absolute Gasteiger partial charge is 0.0423 e. The molecule has 0 spiro atoms. The molecule has 0 fully saturated rings. The molecule has 1 heterocycles. The number of benzene rings is 10. The minimum atomic E-state index is -3.51. The molecule has 0 N–H and O–H groups in total. The number of nitriles is 1. The summed E-state index contributed by atoms with van der Waals surface area (Å²) >= 11 is -3.51. The molecule has 1 aromatic heterocycles. The van der Waals surface area contributed by atoms with Gasteiger partial charge >= 0.3 is 325 Å². The summed E-state index contributed by atoms with van der Waals surface area (Å²) in [6, 6.07) is 98.5. The molecule has 0 saturated carbocycles. The van der Waals surface area contributed by atoms with Gasteiger partial charge in [-0.05, 0) is 12.1 Å². The fourth-order valence-corrected chi connectivity index (χ4v) is 19.7. The van der Waals surface area contributed by atoms with E-state index in [-0.39, 0.29) is 0 Å². The van der Waals surface area contributed by atoms with E-state index in [1.165, 1.54) is 17.6 Å². The molecule has 0 radical (unpaired) electrons. The van der Waals surface area contributed by atoms with Crippen LogP contribution in [-0.2, 0) is 0 Å². The summed E-state index contributed by atoms with van der Waals surface area (Å²) in [6.07, 6.45) is 0. The van der Waals surface area contributed by atoms with Crippen molar-refractivity contribution in [2.75, 3.05) is 9.80 Å². The normalized spacial score (nSPS) is 11.3. The first-order chi connectivity index (χ1) is 32.7. The van der Waals surface area contributed by atoms with Crippen molar-refractivity contribution in [3.8, 4) is 11.8 Å². The molecule has 11 rings (SSSR count). The third-order valence-electron chi connectivity index (χ3n) is 12.7. The summed E-state index contributed by atoms with van der Waals surface area (Å²) in [4.78, 5) is 4.69. The van der Waals surface area contributed by atoms with Crippen molar-refractivity contribution in [1.29, 1.82) is 5.26 Å². The van der Waals surface area contributed by atoms with E-state index in [4.69, 9.17) is 0 Å². The van der Waals surface area contributed by atoms with E-state index in [1.54, 1.807) is 0 Å². The molecule has 11 aromatic rings. The molecular formula is C61H44GeN4. The monoisotopic (exact) mass is 906 g/mol. The number of aromatic nitrogens is 1. The van der Waals surface area contributed by atoms with Crippen molar-refractivity contribution < 1.29 is 0 Å². The van der Waals surface area contributed by atoms with E-state index in [1.807, 2.05) is 24.3 Å². The zero-order valence-electron chi connectivity index (χ0n) is 36.2. The predicted molar refractivity (Wildman–Crippen MR) is 278 cm³/mol. The summed E-state index contributed by atoms with van der Waals surface area (Å²) < 4.78 is 7.83. The van der Waals surface area contributed by atoms with Gasteiger partial charge in [0.15, 0.2) is 0 Å². The van der Waals surface area contributed by atoms with Gasteiger partial charge in [0, 0.05) is 0 Å². The first-order valence-corrected chi connectivity index (χ1v) is 26.5. The first-order valence-electron chi connectivity index (χ1n) is 22.3. The number of hydrogen-bond donors (Lipinski definition) is 0. The van der Waals surface area contributed by atoms with E-state index >= 15 is 0 Å². The molecule has 0 aliphatic rings. The molecular weight excluding hydrogens is 861 g/mol. The number of rotatable bonds is 11. The Labute approximate surface area is 388 Å². The van der Waals surface area contributed by atoms with Gasteiger partial charge in [0.05, 0.1) is 11.6 Å². The van der Waals surface area contributed by atoms with E-state index in [2.05, 4.69) is 263 Å². The molecule has 0 saturated heterocycles. The Morgan fingerprint density at radius 1 is 0.318 bits per heavy atom. The third kappa shape index (κ3) is 7.22. The first kappa shape index (κ1) is 40.4. The number of fused-ring (bicyclic) bond motifs is 3. The molecule has 0 atom stereocenters. The molecule has 0 unspecified atom stereocenters. The van der Waals surface area contributed by atoms with Crippen LogP contribution in [0, 0.1) is 11.3 Å². The fraction of sp³-hybridized carbons (Fsp3) is 0. The average molecular weight is 906 g/mol. The molecule has 10 aromatic carbocycles. The SMILES string of the molecule is N#Cc1ccc(-n2c3ccccc3c3cc(N(c4ccc(N(c5ccccc5)c5ccccc5)cc4)c4cc[c]([Ge]([c]5ccccc5)([c]5ccccc5)[c]5ccccc5)cc4)ccc32)cc1. The molecule has 4 nitrogen and oxygen atoms in total. The van der Waals surface area contributed by atoms with Gasteiger partial charge in [0.2, 0.25) is 0 Å². The van der Waals surface area contributed by atoms with Gasteiger partial charge in [0.1, 0.15) is 0 Å². The molecule has 0 aliphatic heterocycles. The summed E-state index contributed by atoms with van der Waals surface area (Å²) in [7, 11) is 0. The summed E-state index contributed by atoms with van der Waals surface area (Å²) in [5.74, 6) is 0. The third-order valence-corrected chi connectivity index (χ3v) is 22.8. The van der Waals surface area contributed by atoms with Gasteiger partial charge in [-0.25, -0.2) is 0 Å². The number of nitrogens with zero attached hydrogens (tertiary/aromatic N) is 4. The van der Waals surface area contributed by atoms with Crippen LogP contribution < -0.4 is 27.4 Å². The van der Waals surface area contributed by atoms with Crippen LogP contribution in [0.4, 0.5) is 34.1 Å². The molecule has 0 aliphatic carbocycles. The van der Waals surface area contributed by atoms with Crippen molar-refractivity contribution in [2.24, 2.45) is 0 Å². The van der Waals surface area contributed by atoms with Crippen LogP contribution in [0.1, 0.15) is 5.56 Å². The zero-order chi connectivity index (χ0) is 44.3. The molecule has 312 valence electrons. The number of hydrogen-bond acceptors (Lipinski definition) is 3. The van der Waals surface area contributed by atoms with Crippen molar-refractivity contribution >= 4 is 86.8 Å². The Kier molecular flexibility index (Phi) is 10.8. The van der Waals surface area contributed by atoms with E-state index in [0.29, 0.717) is 5.56 Å². The summed E-state index contributed by atoms with van der Waals surface area (Å²) in [5.41, 5.74) is 10.3. The second-order valence-electron chi connectivity index (χ2n) is 16.5. The van der Waals surface area contributed by atoms with E-state index < -0.39 is 13.3 Å². The second kappa shape index (κ2) is 17.7. The van der Waals surface area contributed by atoms with E-state index in [0.717, 1.165) is 61.6 Å². The van der Waals surface area contributed by atoms with Crippen molar-refractivity contribution in [3.63, 3.8) is 0 Å². The van der Waals surface area contributed by atoms with Crippen molar-refractivity contribution in [2.45, 2.75) is 0 Å². The van der Waals surface area contributed by atoms with Crippen LogP contribution in [0.2, 0.25) is 0 Å². The van der Waals surface area contributed by atoms with Crippen molar-refractivity contribution in [1.82, 2.24) is 4.57 Å². The summed E-state index contributed by atoms with van der Waals surface area (Å²) in [6.45, 7) is 0. The molecule has 0 amide bonds. The molecule has 5 heteroatoms. The van der Waals surface area contributed by atoms with Gasteiger partial charge in [0.25, 0.3) is 0 Å². The minimum absolute atomic E-state index is 0.641. The topological polar surface area (TPSA) is 35.2 Å². The summed E-state index contributed by atoms with van der Waals surface area (Å²) in [5, 5.41) is 11.9. The Morgan fingerprint density at radius 3 is 1.17 bits per heavy atom. The Balaban J connectivity index is 1.10. The quantitative estimate of drug-likeness (QED) is 0.121. The fourth-order valence-electron chi connectivity index (χ4n) is 9.79. The van der Waals surface area contributed by atoms with Gasteiger partial charge in [-0.2, -0.15) is 5.26 Å². The van der Waals surface area contributed by atoms with Crippen LogP contribution in [-0.4, -0.2) is 17.8 Å². The Morgan fingerprint density at radius 2 is 0.682 bits per heavy atom. The van der Waals surface area contributed by atoms with Gasteiger partial charge in [-0.15, -0.1) is 0 Å². The van der Waals surface area contributed by atoms with Crippen LogP contribution in [0.15, 0.2) is 267 Å².